The van der Waals surface area contributed by atoms with E-state index in [0.717, 1.165) is 29.1 Å². The van der Waals surface area contributed by atoms with E-state index in [4.69, 9.17) is 4.74 Å². The number of rotatable bonds is 7. The van der Waals surface area contributed by atoms with Gasteiger partial charge in [-0.2, -0.15) is 10.4 Å². The van der Waals surface area contributed by atoms with Crippen molar-refractivity contribution in [3.05, 3.63) is 82.7 Å². The maximum absolute atomic E-state index is 9.18. The van der Waals surface area contributed by atoms with Crippen LogP contribution in [0.1, 0.15) is 40.9 Å². The lowest BCUT2D eigenvalue weighted by Crippen LogP contribution is -2.18. The number of nitriles is 1. The van der Waals surface area contributed by atoms with E-state index in [9.17, 15) is 5.26 Å². The number of benzene rings is 2. The van der Waals surface area contributed by atoms with Gasteiger partial charge >= 0.3 is 0 Å². The Morgan fingerprint density at radius 2 is 2.04 bits per heavy atom. The summed E-state index contributed by atoms with van der Waals surface area (Å²) in [5.74, 6) is 0.798. The summed E-state index contributed by atoms with van der Waals surface area (Å²) in [4.78, 5) is 0. The fourth-order valence-corrected chi connectivity index (χ4v) is 3.09. The van der Waals surface area contributed by atoms with Crippen molar-refractivity contribution < 1.29 is 4.74 Å². The fraction of sp³-hybridized carbons (Fsp3) is 0.273. The molecule has 0 fully saturated rings. The highest BCUT2D eigenvalue weighted by molar-refractivity contribution is 5.37. The van der Waals surface area contributed by atoms with Gasteiger partial charge in [-0.1, -0.05) is 30.3 Å². The third-order valence-corrected chi connectivity index (χ3v) is 4.56. The van der Waals surface area contributed by atoms with Crippen LogP contribution in [0.3, 0.4) is 0 Å². The smallest absolute Gasteiger partial charge is 0.120 e. The first-order chi connectivity index (χ1) is 13.1. The largest absolute Gasteiger partial charge is 0.489 e. The molecule has 3 rings (SSSR count). The molecule has 1 aromatic heterocycles. The first-order valence-electron chi connectivity index (χ1n) is 9.00. The molecule has 138 valence electrons. The fourth-order valence-electron chi connectivity index (χ4n) is 3.09. The Labute approximate surface area is 160 Å². The Hall–Kier alpha value is -3.10. The minimum absolute atomic E-state index is 0.214. The third kappa shape index (κ3) is 4.75. The van der Waals surface area contributed by atoms with Crippen molar-refractivity contribution in [1.29, 1.82) is 5.26 Å². The van der Waals surface area contributed by atoms with Crippen molar-refractivity contribution in [3.63, 3.8) is 0 Å². The Balaban J connectivity index is 1.60. The van der Waals surface area contributed by atoms with Crippen LogP contribution in [0, 0.1) is 18.3 Å². The number of nitrogens with one attached hydrogen (secondary N) is 1. The van der Waals surface area contributed by atoms with E-state index in [1.165, 1.54) is 5.56 Å². The topological polar surface area (TPSA) is 62.9 Å². The molecular formula is C22H24N4O. The summed E-state index contributed by atoms with van der Waals surface area (Å²) in [7, 11) is 1.94. The Kier molecular flexibility index (Phi) is 5.90. The van der Waals surface area contributed by atoms with Crippen LogP contribution in [0.15, 0.2) is 54.7 Å². The van der Waals surface area contributed by atoms with Crippen molar-refractivity contribution in [2.75, 3.05) is 0 Å². The van der Waals surface area contributed by atoms with Gasteiger partial charge in [0.05, 0.1) is 17.3 Å². The predicted octanol–water partition coefficient (Wildman–Crippen LogP) is 4.03. The van der Waals surface area contributed by atoms with E-state index in [-0.39, 0.29) is 6.04 Å². The van der Waals surface area contributed by atoms with Gasteiger partial charge in [-0.25, -0.2) is 0 Å². The van der Waals surface area contributed by atoms with Crippen LogP contribution < -0.4 is 10.1 Å². The van der Waals surface area contributed by atoms with Crippen molar-refractivity contribution in [1.82, 2.24) is 15.1 Å². The zero-order valence-electron chi connectivity index (χ0n) is 15.9. The summed E-state index contributed by atoms with van der Waals surface area (Å²) >= 11 is 0. The number of aromatic nitrogens is 2. The molecule has 0 radical (unpaired) electrons. The highest BCUT2D eigenvalue weighted by atomic mass is 16.5. The number of nitrogens with zero attached hydrogens (tertiary/aromatic N) is 3. The van der Waals surface area contributed by atoms with Gasteiger partial charge in [0.25, 0.3) is 0 Å². The summed E-state index contributed by atoms with van der Waals surface area (Å²) in [6.07, 6.45) is 2.05. The highest BCUT2D eigenvalue weighted by Crippen LogP contribution is 2.19. The molecule has 0 amide bonds. The number of aryl methyl sites for hydroxylation is 2. The molecule has 5 nitrogen and oxygen atoms in total. The van der Waals surface area contributed by atoms with Crippen LogP contribution in [0.2, 0.25) is 0 Å². The molecule has 0 saturated heterocycles. The van der Waals surface area contributed by atoms with Crippen LogP contribution >= 0.6 is 0 Å². The Bertz CT molecular complexity index is 955. The summed E-state index contributed by atoms with van der Waals surface area (Å²) < 4.78 is 7.74. The molecule has 0 aliphatic heterocycles. The number of ether oxygens (including phenoxy) is 1. The summed E-state index contributed by atoms with van der Waals surface area (Å²) in [6.45, 7) is 5.29. The molecule has 1 heterocycles. The van der Waals surface area contributed by atoms with Gasteiger partial charge in [-0.3, -0.25) is 4.68 Å². The summed E-state index contributed by atoms with van der Waals surface area (Å²) in [5, 5.41) is 17.1. The zero-order valence-corrected chi connectivity index (χ0v) is 15.9. The van der Waals surface area contributed by atoms with Crippen LogP contribution in [-0.4, -0.2) is 9.78 Å². The van der Waals surface area contributed by atoms with Crippen LogP contribution in [0.4, 0.5) is 0 Å². The summed E-state index contributed by atoms with van der Waals surface area (Å²) in [5.41, 5.74) is 4.94. The van der Waals surface area contributed by atoms with Gasteiger partial charge in [0.15, 0.2) is 0 Å². The molecule has 0 aliphatic rings. The molecule has 0 bridgehead atoms. The van der Waals surface area contributed by atoms with Gasteiger partial charge in [-0.05, 0) is 37.6 Å². The van der Waals surface area contributed by atoms with Crippen molar-refractivity contribution in [2.45, 2.75) is 33.0 Å². The molecular weight excluding hydrogens is 336 g/mol. The van der Waals surface area contributed by atoms with Crippen molar-refractivity contribution >= 4 is 0 Å². The van der Waals surface area contributed by atoms with Crippen molar-refractivity contribution in [3.8, 4) is 11.8 Å². The Morgan fingerprint density at radius 1 is 1.22 bits per heavy atom. The van der Waals surface area contributed by atoms with E-state index >= 15 is 0 Å². The predicted molar refractivity (Wildman–Crippen MR) is 105 cm³/mol. The van der Waals surface area contributed by atoms with E-state index in [2.05, 4.69) is 35.7 Å². The van der Waals surface area contributed by atoms with Gasteiger partial charge in [0.2, 0.25) is 0 Å². The normalized spacial score (nSPS) is 11.8. The highest BCUT2D eigenvalue weighted by Gasteiger charge is 2.11. The molecule has 0 spiro atoms. The van der Waals surface area contributed by atoms with Crippen LogP contribution in [0.5, 0.6) is 5.75 Å². The molecule has 1 atom stereocenters. The molecule has 1 N–H and O–H groups in total. The van der Waals surface area contributed by atoms with Crippen LogP contribution in [-0.2, 0) is 20.2 Å². The van der Waals surface area contributed by atoms with E-state index in [1.807, 2.05) is 55.1 Å². The van der Waals surface area contributed by atoms with E-state index in [1.54, 1.807) is 6.07 Å². The molecule has 27 heavy (non-hydrogen) atoms. The second kappa shape index (κ2) is 8.52. The minimum atomic E-state index is 0.214. The molecule has 1 unspecified atom stereocenters. The third-order valence-electron chi connectivity index (χ3n) is 4.56. The monoisotopic (exact) mass is 360 g/mol. The van der Waals surface area contributed by atoms with E-state index < -0.39 is 0 Å². The zero-order chi connectivity index (χ0) is 19.2. The quantitative estimate of drug-likeness (QED) is 0.691. The molecule has 3 aromatic rings. The average Bonchev–Trinajstić information content (AvgIpc) is 3.03. The minimum Gasteiger partial charge on any atom is -0.489 e. The lowest BCUT2D eigenvalue weighted by atomic mass is 10.1. The molecule has 5 heteroatoms. The molecule has 0 aliphatic carbocycles. The number of hydrogen-bond acceptors (Lipinski definition) is 4. The van der Waals surface area contributed by atoms with Crippen molar-refractivity contribution in [2.24, 2.45) is 7.05 Å². The lowest BCUT2D eigenvalue weighted by Gasteiger charge is -2.14. The second-order valence-electron chi connectivity index (χ2n) is 6.65. The van der Waals surface area contributed by atoms with Crippen LogP contribution in [0.25, 0.3) is 0 Å². The maximum Gasteiger partial charge on any atom is 0.120 e. The lowest BCUT2D eigenvalue weighted by molar-refractivity contribution is 0.305. The average molecular weight is 360 g/mol. The standard InChI is InChI=1S/C22H24N4O/c1-16(22-14-26(3)25-17(22)2)24-13-18-7-6-10-21(11-18)27-15-20-9-5-4-8-19(20)12-23/h4-11,14,16,24H,13,15H2,1-3H3. The first kappa shape index (κ1) is 18.7. The number of hydrogen-bond donors (Lipinski definition) is 1. The molecule has 0 saturated carbocycles. The SMILES string of the molecule is Cc1nn(C)cc1C(C)NCc1cccc(OCc2ccccc2C#N)c1. The first-order valence-corrected chi connectivity index (χ1v) is 9.00. The van der Waals surface area contributed by atoms with Gasteiger partial charge in [0, 0.05) is 37.0 Å². The Morgan fingerprint density at radius 3 is 2.78 bits per heavy atom. The van der Waals surface area contributed by atoms with Gasteiger partial charge in [-0.15, -0.1) is 0 Å². The molecule has 2 aromatic carbocycles. The summed E-state index contributed by atoms with van der Waals surface area (Å²) in [6, 6.07) is 18.0. The second-order valence-corrected chi connectivity index (χ2v) is 6.65. The van der Waals surface area contributed by atoms with E-state index in [0.29, 0.717) is 12.2 Å². The van der Waals surface area contributed by atoms with Gasteiger partial charge < -0.3 is 10.1 Å². The maximum atomic E-state index is 9.18. The van der Waals surface area contributed by atoms with Gasteiger partial charge in [0.1, 0.15) is 12.4 Å².